The van der Waals surface area contributed by atoms with Gasteiger partial charge in [0.2, 0.25) is 5.78 Å². The molecule has 0 aliphatic rings. The van der Waals surface area contributed by atoms with E-state index >= 15 is 0 Å². The molecule has 0 fully saturated rings. The second-order valence-corrected chi connectivity index (χ2v) is 5.82. The topological polar surface area (TPSA) is 50.1 Å². The summed E-state index contributed by atoms with van der Waals surface area (Å²) in [5, 5.41) is 9.43. The zero-order valence-corrected chi connectivity index (χ0v) is 14.4. The average Bonchev–Trinajstić information content (AvgIpc) is 2.72. The Hall–Kier alpha value is -3.71. The van der Waals surface area contributed by atoms with Crippen LogP contribution in [0, 0.1) is 17.1 Å². The fourth-order valence-electron chi connectivity index (χ4n) is 2.52. The van der Waals surface area contributed by atoms with Crippen molar-refractivity contribution in [3.05, 3.63) is 107 Å². The van der Waals surface area contributed by atoms with Crippen molar-refractivity contribution in [1.82, 2.24) is 0 Å². The number of para-hydroxylation sites is 1. The standard InChI is InChI=1S/C23H16FNO2/c24-21-12-10-17(11-13-21)16-27-22-9-5-4-8-19(22)14-20(15-25)23(26)18-6-2-1-3-7-18/h1-14H,16H2/b20-14+. The highest BCUT2D eigenvalue weighted by molar-refractivity contribution is 6.14. The van der Waals surface area contributed by atoms with Gasteiger partial charge in [-0.3, -0.25) is 4.79 Å². The van der Waals surface area contributed by atoms with Crippen molar-refractivity contribution < 1.29 is 13.9 Å². The minimum Gasteiger partial charge on any atom is -0.488 e. The van der Waals surface area contributed by atoms with Crippen LogP contribution in [-0.4, -0.2) is 5.78 Å². The van der Waals surface area contributed by atoms with Crippen LogP contribution in [0.15, 0.2) is 84.4 Å². The number of hydrogen-bond acceptors (Lipinski definition) is 3. The molecule has 132 valence electrons. The number of nitriles is 1. The molecule has 0 atom stereocenters. The highest BCUT2D eigenvalue weighted by Crippen LogP contribution is 2.23. The molecule has 0 unspecified atom stereocenters. The van der Waals surface area contributed by atoms with Crippen molar-refractivity contribution in [3.8, 4) is 11.8 Å². The summed E-state index contributed by atoms with van der Waals surface area (Å²) in [4.78, 5) is 12.5. The van der Waals surface area contributed by atoms with Gasteiger partial charge in [-0.15, -0.1) is 0 Å². The van der Waals surface area contributed by atoms with Crippen molar-refractivity contribution in [2.24, 2.45) is 0 Å². The summed E-state index contributed by atoms with van der Waals surface area (Å²) >= 11 is 0. The second kappa shape index (κ2) is 8.59. The van der Waals surface area contributed by atoms with E-state index in [2.05, 4.69) is 0 Å². The molecule has 0 saturated carbocycles. The Morgan fingerprint density at radius 2 is 1.63 bits per heavy atom. The van der Waals surface area contributed by atoms with Crippen LogP contribution < -0.4 is 4.74 Å². The second-order valence-electron chi connectivity index (χ2n) is 5.82. The van der Waals surface area contributed by atoms with Crippen LogP contribution in [0.2, 0.25) is 0 Å². The SMILES string of the molecule is N#C/C(=C\c1ccccc1OCc1ccc(F)cc1)C(=O)c1ccccc1. The van der Waals surface area contributed by atoms with E-state index in [1.54, 1.807) is 54.6 Å². The molecule has 0 spiro atoms. The number of ether oxygens (including phenoxy) is 1. The number of nitrogens with zero attached hydrogens (tertiary/aromatic N) is 1. The third kappa shape index (κ3) is 4.68. The van der Waals surface area contributed by atoms with Gasteiger partial charge in [0.25, 0.3) is 0 Å². The Morgan fingerprint density at radius 3 is 2.33 bits per heavy atom. The fraction of sp³-hybridized carbons (Fsp3) is 0.0435. The summed E-state index contributed by atoms with van der Waals surface area (Å²) in [7, 11) is 0. The van der Waals surface area contributed by atoms with Crippen LogP contribution in [0.5, 0.6) is 5.75 Å². The summed E-state index contributed by atoms with van der Waals surface area (Å²) in [5.41, 5.74) is 1.92. The quantitative estimate of drug-likeness (QED) is 0.346. The molecule has 3 rings (SSSR count). The maximum atomic E-state index is 13.0. The zero-order chi connectivity index (χ0) is 19.1. The summed E-state index contributed by atoms with van der Waals surface area (Å²) < 4.78 is 18.8. The molecule has 3 aromatic carbocycles. The summed E-state index contributed by atoms with van der Waals surface area (Å²) in [5.74, 6) is -0.109. The summed E-state index contributed by atoms with van der Waals surface area (Å²) in [6.07, 6.45) is 1.52. The highest BCUT2D eigenvalue weighted by Gasteiger charge is 2.13. The van der Waals surface area contributed by atoms with Crippen LogP contribution in [0.1, 0.15) is 21.5 Å². The lowest BCUT2D eigenvalue weighted by molar-refractivity contribution is 0.104. The van der Waals surface area contributed by atoms with E-state index in [0.717, 1.165) is 5.56 Å². The lowest BCUT2D eigenvalue weighted by atomic mass is 10.0. The number of ketones is 1. The largest absolute Gasteiger partial charge is 0.488 e. The van der Waals surface area contributed by atoms with E-state index in [9.17, 15) is 14.4 Å². The number of rotatable bonds is 6. The molecule has 0 bridgehead atoms. The van der Waals surface area contributed by atoms with Gasteiger partial charge < -0.3 is 4.74 Å². The Balaban J connectivity index is 1.83. The first-order valence-electron chi connectivity index (χ1n) is 8.35. The van der Waals surface area contributed by atoms with Gasteiger partial charge in [-0.25, -0.2) is 4.39 Å². The van der Waals surface area contributed by atoms with Crippen molar-refractivity contribution in [2.45, 2.75) is 6.61 Å². The van der Waals surface area contributed by atoms with Gasteiger partial charge in [0.05, 0.1) is 0 Å². The van der Waals surface area contributed by atoms with E-state index in [-0.39, 0.29) is 23.8 Å². The van der Waals surface area contributed by atoms with Gasteiger partial charge in [0.1, 0.15) is 29.8 Å². The highest BCUT2D eigenvalue weighted by atomic mass is 19.1. The van der Waals surface area contributed by atoms with Gasteiger partial charge >= 0.3 is 0 Å². The molecular weight excluding hydrogens is 341 g/mol. The van der Waals surface area contributed by atoms with E-state index < -0.39 is 0 Å². The van der Waals surface area contributed by atoms with Gasteiger partial charge in [0.15, 0.2) is 0 Å². The number of carbonyl (C=O) groups excluding carboxylic acids is 1. The monoisotopic (exact) mass is 357 g/mol. The molecule has 0 radical (unpaired) electrons. The first-order chi connectivity index (χ1) is 13.2. The minimum absolute atomic E-state index is 0.0269. The number of allylic oxidation sites excluding steroid dienone is 1. The Bertz CT molecular complexity index is 1000. The zero-order valence-electron chi connectivity index (χ0n) is 14.4. The molecule has 0 N–H and O–H groups in total. The summed E-state index contributed by atoms with van der Waals surface area (Å²) in [6, 6.07) is 23.8. The van der Waals surface area contributed by atoms with Gasteiger partial charge in [0, 0.05) is 11.1 Å². The maximum absolute atomic E-state index is 13.0. The average molecular weight is 357 g/mol. The molecule has 0 heterocycles. The van der Waals surface area contributed by atoms with E-state index in [4.69, 9.17) is 4.74 Å². The van der Waals surface area contributed by atoms with Crippen molar-refractivity contribution in [3.63, 3.8) is 0 Å². The van der Waals surface area contributed by atoms with Crippen molar-refractivity contribution in [2.75, 3.05) is 0 Å². The van der Waals surface area contributed by atoms with Crippen molar-refractivity contribution >= 4 is 11.9 Å². The number of Topliss-reactive ketones (excluding diaryl/α,β-unsaturated/α-hetero) is 1. The van der Waals surface area contributed by atoms with Gasteiger partial charge in [-0.1, -0.05) is 60.7 Å². The fourth-order valence-corrected chi connectivity index (χ4v) is 2.52. The molecule has 0 saturated heterocycles. The van der Waals surface area contributed by atoms with Crippen LogP contribution in [0.25, 0.3) is 6.08 Å². The van der Waals surface area contributed by atoms with Gasteiger partial charge in [-0.05, 0) is 29.8 Å². The van der Waals surface area contributed by atoms with Crippen LogP contribution in [0.4, 0.5) is 4.39 Å². The van der Waals surface area contributed by atoms with Crippen molar-refractivity contribution in [1.29, 1.82) is 5.26 Å². The third-order valence-corrected chi connectivity index (χ3v) is 3.93. The number of benzene rings is 3. The number of hydrogen-bond donors (Lipinski definition) is 0. The molecule has 3 nitrogen and oxygen atoms in total. The Kier molecular flexibility index (Phi) is 5.76. The lowest BCUT2D eigenvalue weighted by Gasteiger charge is -2.10. The normalized spacial score (nSPS) is 10.9. The van der Waals surface area contributed by atoms with Crippen LogP contribution in [0.3, 0.4) is 0 Å². The first-order valence-corrected chi connectivity index (χ1v) is 8.35. The first kappa shape index (κ1) is 18.1. The van der Waals surface area contributed by atoms with E-state index in [0.29, 0.717) is 16.9 Å². The van der Waals surface area contributed by atoms with Crippen LogP contribution >= 0.6 is 0 Å². The molecule has 0 amide bonds. The molecule has 0 aliphatic carbocycles. The van der Waals surface area contributed by atoms with E-state index in [1.165, 1.54) is 18.2 Å². The number of carbonyl (C=O) groups is 1. The molecule has 27 heavy (non-hydrogen) atoms. The lowest BCUT2D eigenvalue weighted by Crippen LogP contribution is -2.02. The van der Waals surface area contributed by atoms with Gasteiger partial charge in [-0.2, -0.15) is 5.26 Å². The predicted octanol–water partition coefficient (Wildman–Crippen LogP) is 5.19. The third-order valence-electron chi connectivity index (χ3n) is 3.93. The molecule has 0 aromatic heterocycles. The predicted molar refractivity (Wildman–Crippen MR) is 102 cm³/mol. The van der Waals surface area contributed by atoms with E-state index in [1.807, 2.05) is 18.2 Å². The Labute approximate surface area is 157 Å². The maximum Gasteiger partial charge on any atom is 0.203 e. The molecule has 0 aliphatic heterocycles. The molecule has 4 heteroatoms. The summed E-state index contributed by atoms with van der Waals surface area (Å²) in [6.45, 7) is 0.250. The minimum atomic E-state index is -0.341. The van der Waals surface area contributed by atoms with Crippen LogP contribution in [-0.2, 0) is 6.61 Å². The smallest absolute Gasteiger partial charge is 0.203 e. The molecular formula is C23H16FNO2. The number of halogens is 1. The Morgan fingerprint density at radius 1 is 0.963 bits per heavy atom. The molecule has 3 aromatic rings.